The van der Waals surface area contributed by atoms with Gasteiger partial charge in [-0.05, 0) is 61.1 Å². The zero-order valence-corrected chi connectivity index (χ0v) is 10.6. The van der Waals surface area contributed by atoms with Crippen molar-refractivity contribution in [3.05, 3.63) is 39.4 Å². The molecular weight excluding hydrogens is 250 g/mol. The average Bonchev–Trinajstić information content (AvgIpc) is 2.21. The lowest BCUT2D eigenvalue weighted by Gasteiger charge is -2.19. The predicted molar refractivity (Wildman–Crippen MR) is 68.8 cm³/mol. The summed E-state index contributed by atoms with van der Waals surface area (Å²) in [4.78, 5) is 0. The zero-order valence-electron chi connectivity index (χ0n) is 9.02. The summed E-state index contributed by atoms with van der Waals surface area (Å²) in [6, 6.07) is 4.54. The van der Waals surface area contributed by atoms with Crippen LogP contribution in [0, 0.1) is 6.92 Å². The maximum atomic E-state index is 5.63. The van der Waals surface area contributed by atoms with E-state index < -0.39 is 0 Å². The molecule has 0 spiro atoms. The van der Waals surface area contributed by atoms with Crippen LogP contribution in [0.4, 0.5) is 0 Å². The van der Waals surface area contributed by atoms with E-state index >= 15 is 0 Å². The van der Waals surface area contributed by atoms with Gasteiger partial charge in [-0.1, -0.05) is 28.1 Å². The molecule has 0 aromatic heterocycles. The van der Waals surface area contributed by atoms with E-state index in [1.807, 2.05) is 0 Å². The Labute approximate surface area is 99.5 Å². The molecule has 1 aliphatic rings. The molecule has 0 unspecified atom stereocenters. The summed E-state index contributed by atoms with van der Waals surface area (Å²) in [5.74, 6) is 0. The van der Waals surface area contributed by atoms with Gasteiger partial charge < -0.3 is 5.73 Å². The van der Waals surface area contributed by atoms with Gasteiger partial charge in [-0.15, -0.1) is 0 Å². The molecule has 0 amide bonds. The highest BCUT2D eigenvalue weighted by Crippen LogP contribution is 2.32. The Kier molecular flexibility index (Phi) is 3.27. The largest absolute Gasteiger partial charge is 0.330 e. The first-order chi connectivity index (χ1) is 7.22. The number of rotatable bonds is 2. The minimum absolute atomic E-state index is 0.733. The fraction of sp³-hybridized carbons (Fsp3) is 0.385. The second kappa shape index (κ2) is 4.50. The Morgan fingerprint density at radius 3 is 2.93 bits per heavy atom. The SMILES string of the molecule is Cc1cc2c(cc1Br)C(CCN)=CCC2. The second-order valence-electron chi connectivity index (χ2n) is 4.07. The van der Waals surface area contributed by atoms with Crippen LogP contribution in [0.25, 0.3) is 5.57 Å². The van der Waals surface area contributed by atoms with E-state index in [1.54, 1.807) is 0 Å². The van der Waals surface area contributed by atoms with Gasteiger partial charge in [-0.3, -0.25) is 0 Å². The molecule has 0 heterocycles. The van der Waals surface area contributed by atoms with Gasteiger partial charge in [0, 0.05) is 4.47 Å². The number of fused-ring (bicyclic) bond motifs is 1. The quantitative estimate of drug-likeness (QED) is 0.871. The Hall–Kier alpha value is -0.600. The minimum Gasteiger partial charge on any atom is -0.330 e. The normalized spacial score (nSPS) is 14.7. The van der Waals surface area contributed by atoms with Gasteiger partial charge in [0.15, 0.2) is 0 Å². The lowest BCUT2D eigenvalue weighted by atomic mass is 9.88. The molecule has 0 saturated heterocycles. The third-order valence-electron chi connectivity index (χ3n) is 2.95. The van der Waals surface area contributed by atoms with E-state index in [1.165, 1.54) is 26.7 Å². The van der Waals surface area contributed by atoms with Crippen LogP contribution in [0.15, 0.2) is 22.7 Å². The van der Waals surface area contributed by atoms with Crippen molar-refractivity contribution in [3.8, 4) is 0 Å². The summed E-state index contributed by atoms with van der Waals surface area (Å²) < 4.78 is 1.20. The lowest BCUT2D eigenvalue weighted by Crippen LogP contribution is -2.05. The molecule has 0 fully saturated rings. The first-order valence-electron chi connectivity index (χ1n) is 5.41. The van der Waals surface area contributed by atoms with Crippen LogP contribution in [0.1, 0.15) is 29.5 Å². The van der Waals surface area contributed by atoms with Crippen molar-refractivity contribution >= 4 is 21.5 Å². The second-order valence-corrected chi connectivity index (χ2v) is 4.92. The Morgan fingerprint density at radius 1 is 1.40 bits per heavy atom. The summed E-state index contributed by atoms with van der Waals surface area (Å²) in [6.45, 7) is 2.88. The van der Waals surface area contributed by atoms with E-state index in [0.717, 1.165) is 25.8 Å². The molecule has 1 nitrogen and oxygen atoms in total. The average molecular weight is 266 g/mol. The van der Waals surface area contributed by atoms with E-state index in [9.17, 15) is 0 Å². The molecule has 1 aliphatic carbocycles. The van der Waals surface area contributed by atoms with Crippen molar-refractivity contribution in [2.75, 3.05) is 6.54 Å². The fourth-order valence-corrected chi connectivity index (χ4v) is 2.49. The zero-order chi connectivity index (χ0) is 10.8. The van der Waals surface area contributed by atoms with Gasteiger partial charge in [-0.25, -0.2) is 0 Å². The highest BCUT2D eigenvalue weighted by atomic mass is 79.9. The molecule has 0 radical (unpaired) electrons. The first-order valence-corrected chi connectivity index (χ1v) is 6.20. The van der Waals surface area contributed by atoms with Crippen LogP contribution in [-0.2, 0) is 6.42 Å². The van der Waals surface area contributed by atoms with E-state index in [-0.39, 0.29) is 0 Å². The number of hydrogen-bond acceptors (Lipinski definition) is 1. The Balaban J connectivity index is 2.45. The van der Waals surface area contributed by atoms with Crippen LogP contribution < -0.4 is 5.73 Å². The number of halogens is 1. The van der Waals surface area contributed by atoms with Crippen molar-refractivity contribution < 1.29 is 0 Å². The molecule has 0 saturated carbocycles. The maximum Gasteiger partial charge on any atom is 0.0210 e. The van der Waals surface area contributed by atoms with Crippen LogP contribution >= 0.6 is 15.9 Å². The summed E-state index contributed by atoms with van der Waals surface area (Å²) in [5, 5.41) is 0. The van der Waals surface area contributed by atoms with Gasteiger partial charge in [0.2, 0.25) is 0 Å². The third-order valence-corrected chi connectivity index (χ3v) is 3.80. The van der Waals surface area contributed by atoms with Crippen molar-refractivity contribution in [1.29, 1.82) is 0 Å². The third kappa shape index (κ3) is 2.16. The summed E-state index contributed by atoms with van der Waals surface area (Å²) in [6.07, 6.45) is 5.64. The molecule has 2 rings (SSSR count). The molecule has 80 valence electrons. The number of nitrogens with two attached hydrogens (primary N) is 1. The molecule has 15 heavy (non-hydrogen) atoms. The predicted octanol–water partition coefficient (Wildman–Crippen LogP) is 3.44. The number of benzene rings is 1. The molecule has 2 heteroatoms. The van der Waals surface area contributed by atoms with E-state index in [0.29, 0.717) is 0 Å². The van der Waals surface area contributed by atoms with Crippen LogP contribution in [-0.4, -0.2) is 6.54 Å². The molecule has 0 atom stereocenters. The highest BCUT2D eigenvalue weighted by molar-refractivity contribution is 9.10. The van der Waals surface area contributed by atoms with Crippen molar-refractivity contribution in [1.82, 2.24) is 0 Å². The summed E-state index contributed by atoms with van der Waals surface area (Å²) >= 11 is 3.59. The molecule has 2 N–H and O–H groups in total. The molecular formula is C13H16BrN. The number of allylic oxidation sites excluding steroid dienone is 1. The minimum atomic E-state index is 0.733. The summed E-state index contributed by atoms with van der Waals surface area (Å²) in [7, 11) is 0. The van der Waals surface area contributed by atoms with Crippen molar-refractivity contribution in [2.45, 2.75) is 26.2 Å². The lowest BCUT2D eigenvalue weighted by molar-refractivity contribution is 0.937. The van der Waals surface area contributed by atoms with Crippen LogP contribution in [0.5, 0.6) is 0 Å². The number of aryl methyl sites for hydroxylation is 2. The maximum absolute atomic E-state index is 5.63. The monoisotopic (exact) mass is 265 g/mol. The smallest absolute Gasteiger partial charge is 0.0210 e. The molecule has 0 aliphatic heterocycles. The summed E-state index contributed by atoms with van der Waals surface area (Å²) in [5.41, 5.74) is 11.2. The van der Waals surface area contributed by atoms with E-state index in [4.69, 9.17) is 5.73 Å². The van der Waals surface area contributed by atoms with Gasteiger partial charge >= 0.3 is 0 Å². The van der Waals surface area contributed by atoms with Gasteiger partial charge in [0.05, 0.1) is 0 Å². The molecule has 1 aromatic rings. The Morgan fingerprint density at radius 2 is 2.20 bits per heavy atom. The van der Waals surface area contributed by atoms with Crippen molar-refractivity contribution in [3.63, 3.8) is 0 Å². The van der Waals surface area contributed by atoms with Gasteiger partial charge in [-0.2, -0.15) is 0 Å². The fourth-order valence-electron chi connectivity index (χ4n) is 2.15. The van der Waals surface area contributed by atoms with Gasteiger partial charge in [0.1, 0.15) is 0 Å². The Bertz CT molecular complexity index is 407. The number of hydrogen-bond donors (Lipinski definition) is 1. The first kappa shape index (κ1) is 10.9. The van der Waals surface area contributed by atoms with Crippen LogP contribution in [0.2, 0.25) is 0 Å². The van der Waals surface area contributed by atoms with Crippen molar-refractivity contribution in [2.24, 2.45) is 5.73 Å². The highest BCUT2D eigenvalue weighted by Gasteiger charge is 2.13. The standard InChI is InChI=1S/C13H16BrN/c1-9-7-11-4-2-3-10(5-6-15)12(11)8-13(9)14/h3,7-8H,2,4-6,15H2,1H3. The van der Waals surface area contributed by atoms with Gasteiger partial charge in [0.25, 0.3) is 0 Å². The topological polar surface area (TPSA) is 26.0 Å². The molecule has 0 bridgehead atoms. The molecule has 1 aromatic carbocycles. The van der Waals surface area contributed by atoms with E-state index in [2.05, 4.69) is 41.1 Å². The van der Waals surface area contributed by atoms with Crippen LogP contribution in [0.3, 0.4) is 0 Å².